The number of carbonyl (C=O) groups excluding carboxylic acids is 1. The van der Waals surface area contributed by atoms with Crippen molar-refractivity contribution in [2.75, 3.05) is 19.8 Å². The van der Waals surface area contributed by atoms with Crippen LogP contribution in [-0.2, 0) is 4.79 Å². The van der Waals surface area contributed by atoms with Crippen LogP contribution in [0.1, 0.15) is 10.4 Å². The lowest BCUT2D eigenvalue weighted by atomic mass is 10.3. The Morgan fingerprint density at radius 2 is 2.12 bits per heavy atom. The summed E-state index contributed by atoms with van der Waals surface area (Å²) in [6, 6.07) is 3.06. The van der Waals surface area contributed by atoms with Crippen molar-refractivity contribution in [3.05, 3.63) is 23.9 Å². The van der Waals surface area contributed by atoms with E-state index in [1.807, 2.05) is 0 Å². The number of aromatic nitrogens is 1. The zero-order valence-electron chi connectivity index (χ0n) is 9.01. The van der Waals surface area contributed by atoms with Gasteiger partial charge in [-0.25, -0.2) is 9.78 Å². The van der Waals surface area contributed by atoms with E-state index < -0.39 is 5.97 Å². The van der Waals surface area contributed by atoms with E-state index in [0.29, 0.717) is 10.8 Å². The predicted octanol–water partition coefficient (Wildman–Crippen LogP) is 0.960. The van der Waals surface area contributed by atoms with Crippen molar-refractivity contribution in [3.8, 4) is 0 Å². The zero-order chi connectivity index (χ0) is 12.1. The lowest BCUT2D eigenvalue weighted by Crippen LogP contribution is -2.23. The number of hydrogen-bond donors (Lipinski definition) is 1. The third-order valence-electron chi connectivity index (χ3n) is 1.83. The fraction of sp³-hybridized carbons (Fsp3) is 0.300. The largest absolute Gasteiger partial charge is 0.478 e. The average molecular weight is 240 g/mol. The fourth-order valence-corrected chi connectivity index (χ4v) is 1.68. The van der Waals surface area contributed by atoms with Crippen LogP contribution in [-0.4, -0.2) is 46.7 Å². The van der Waals surface area contributed by atoms with E-state index in [9.17, 15) is 9.59 Å². The standard InChI is InChI=1S/C10H12N2O3S/c1-12(2)9(13)6-16-8-4-3-7(5-11-8)10(14)15/h3-5H,6H2,1-2H3,(H,14,15). The SMILES string of the molecule is CN(C)C(=O)CSc1ccc(C(=O)O)cn1. The second kappa shape index (κ2) is 5.50. The molecule has 1 amide bonds. The minimum absolute atomic E-state index is 0.00545. The number of carbonyl (C=O) groups is 2. The van der Waals surface area contributed by atoms with Gasteiger partial charge < -0.3 is 10.0 Å². The molecule has 0 radical (unpaired) electrons. The molecule has 0 saturated heterocycles. The van der Waals surface area contributed by atoms with Crippen molar-refractivity contribution in [1.29, 1.82) is 0 Å². The number of thioether (sulfide) groups is 1. The molecule has 16 heavy (non-hydrogen) atoms. The summed E-state index contributed by atoms with van der Waals surface area (Å²) < 4.78 is 0. The predicted molar refractivity (Wildman–Crippen MR) is 60.6 cm³/mol. The number of aromatic carboxylic acids is 1. The first-order chi connectivity index (χ1) is 7.50. The number of carboxylic acids is 1. The van der Waals surface area contributed by atoms with Gasteiger partial charge in [0.05, 0.1) is 16.3 Å². The first kappa shape index (κ1) is 12.5. The molecule has 6 heteroatoms. The van der Waals surface area contributed by atoms with Crippen molar-refractivity contribution in [2.45, 2.75) is 5.03 Å². The van der Waals surface area contributed by atoms with E-state index in [0.717, 1.165) is 0 Å². The second-order valence-electron chi connectivity index (χ2n) is 3.27. The summed E-state index contributed by atoms with van der Waals surface area (Å²) in [6.45, 7) is 0. The molecule has 0 fully saturated rings. The molecule has 1 heterocycles. The molecule has 0 aromatic carbocycles. The molecule has 1 aromatic heterocycles. The molecule has 0 aliphatic rings. The molecule has 86 valence electrons. The van der Waals surface area contributed by atoms with E-state index in [1.165, 1.54) is 28.9 Å². The highest BCUT2D eigenvalue weighted by atomic mass is 32.2. The minimum Gasteiger partial charge on any atom is -0.478 e. The molecule has 0 unspecified atom stereocenters. The summed E-state index contributed by atoms with van der Waals surface area (Å²) in [7, 11) is 3.37. The molecular formula is C10H12N2O3S. The average Bonchev–Trinajstić information content (AvgIpc) is 2.26. The first-order valence-electron chi connectivity index (χ1n) is 4.53. The maximum absolute atomic E-state index is 11.3. The van der Waals surface area contributed by atoms with Gasteiger partial charge in [-0.3, -0.25) is 4.79 Å². The molecule has 0 atom stereocenters. The fourth-order valence-electron chi connectivity index (χ4n) is 0.857. The van der Waals surface area contributed by atoms with Gasteiger partial charge in [-0.1, -0.05) is 11.8 Å². The van der Waals surface area contributed by atoms with E-state index in [2.05, 4.69) is 4.98 Å². The maximum atomic E-state index is 11.3. The van der Waals surface area contributed by atoms with Gasteiger partial charge >= 0.3 is 5.97 Å². The van der Waals surface area contributed by atoms with Crippen LogP contribution in [0.3, 0.4) is 0 Å². The lowest BCUT2D eigenvalue weighted by Gasteiger charge is -2.08. The van der Waals surface area contributed by atoms with E-state index >= 15 is 0 Å². The molecule has 0 saturated carbocycles. The van der Waals surface area contributed by atoms with Crippen LogP contribution in [0, 0.1) is 0 Å². The van der Waals surface area contributed by atoms with Gasteiger partial charge in [0.15, 0.2) is 0 Å². The molecule has 0 bridgehead atoms. The van der Waals surface area contributed by atoms with Gasteiger partial charge in [0.2, 0.25) is 5.91 Å². The van der Waals surface area contributed by atoms with E-state index in [-0.39, 0.29) is 11.5 Å². The molecule has 1 N–H and O–H groups in total. The summed E-state index contributed by atoms with van der Waals surface area (Å²) >= 11 is 1.28. The number of nitrogens with zero attached hydrogens (tertiary/aromatic N) is 2. The smallest absolute Gasteiger partial charge is 0.337 e. The Labute approximate surface area is 97.5 Å². The van der Waals surface area contributed by atoms with Crippen LogP contribution in [0.5, 0.6) is 0 Å². The number of carboxylic acid groups (broad SMARTS) is 1. The summed E-state index contributed by atoms with van der Waals surface area (Å²) in [5.74, 6) is -0.714. The van der Waals surface area contributed by atoms with Gasteiger partial charge in [0, 0.05) is 20.3 Å². The number of amides is 1. The molecule has 0 aliphatic heterocycles. The molecule has 0 aliphatic carbocycles. The topological polar surface area (TPSA) is 70.5 Å². The van der Waals surface area contributed by atoms with Crippen molar-refractivity contribution >= 4 is 23.6 Å². The number of hydrogen-bond acceptors (Lipinski definition) is 4. The van der Waals surface area contributed by atoms with Crippen LogP contribution in [0.15, 0.2) is 23.4 Å². The van der Waals surface area contributed by atoms with Crippen molar-refractivity contribution in [2.24, 2.45) is 0 Å². The summed E-state index contributed by atoms with van der Waals surface area (Å²) in [5.41, 5.74) is 0.142. The van der Waals surface area contributed by atoms with Gasteiger partial charge in [-0.05, 0) is 12.1 Å². The summed E-state index contributed by atoms with van der Waals surface area (Å²) in [5, 5.41) is 9.30. The molecule has 1 aromatic rings. The summed E-state index contributed by atoms with van der Waals surface area (Å²) in [6.07, 6.45) is 1.28. The van der Waals surface area contributed by atoms with Crippen LogP contribution in [0.2, 0.25) is 0 Å². The van der Waals surface area contributed by atoms with Crippen LogP contribution >= 0.6 is 11.8 Å². The highest BCUT2D eigenvalue weighted by molar-refractivity contribution is 7.99. The molecule has 0 spiro atoms. The third-order valence-corrected chi connectivity index (χ3v) is 2.75. The van der Waals surface area contributed by atoms with Crippen molar-refractivity contribution < 1.29 is 14.7 Å². The Morgan fingerprint density at radius 3 is 2.56 bits per heavy atom. The van der Waals surface area contributed by atoms with Gasteiger partial charge in [0.25, 0.3) is 0 Å². The van der Waals surface area contributed by atoms with E-state index in [1.54, 1.807) is 20.2 Å². The quantitative estimate of drug-likeness (QED) is 0.794. The van der Waals surface area contributed by atoms with Crippen LogP contribution in [0.4, 0.5) is 0 Å². The Balaban J connectivity index is 2.56. The van der Waals surface area contributed by atoms with E-state index in [4.69, 9.17) is 5.11 Å². The van der Waals surface area contributed by atoms with Crippen LogP contribution in [0.25, 0.3) is 0 Å². The highest BCUT2D eigenvalue weighted by Gasteiger charge is 2.07. The van der Waals surface area contributed by atoms with Crippen molar-refractivity contribution in [3.63, 3.8) is 0 Å². The Hall–Kier alpha value is -1.56. The number of pyridine rings is 1. The Kier molecular flexibility index (Phi) is 4.30. The first-order valence-corrected chi connectivity index (χ1v) is 5.51. The van der Waals surface area contributed by atoms with Crippen LogP contribution < -0.4 is 0 Å². The third kappa shape index (κ3) is 3.54. The molecular weight excluding hydrogens is 228 g/mol. The summed E-state index contributed by atoms with van der Waals surface area (Å²) in [4.78, 5) is 27.3. The van der Waals surface area contributed by atoms with Gasteiger partial charge in [-0.15, -0.1) is 0 Å². The maximum Gasteiger partial charge on any atom is 0.337 e. The zero-order valence-corrected chi connectivity index (χ0v) is 9.82. The molecule has 1 rings (SSSR count). The highest BCUT2D eigenvalue weighted by Crippen LogP contribution is 2.15. The van der Waals surface area contributed by atoms with Gasteiger partial charge in [-0.2, -0.15) is 0 Å². The number of rotatable bonds is 4. The van der Waals surface area contributed by atoms with Crippen molar-refractivity contribution in [1.82, 2.24) is 9.88 Å². The lowest BCUT2D eigenvalue weighted by molar-refractivity contribution is -0.125. The Morgan fingerprint density at radius 1 is 1.44 bits per heavy atom. The minimum atomic E-state index is -1.01. The van der Waals surface area contributed by atoms with Gasteiger partial charge in [0.1, 0.15) is 0 Å². The molecule has 5 nitrogen and oxygen atoms in total. The Bertz CT molecular complexity index is 390. The normalized spacial score (nSPS) is 9.88. The monoisotopic (exact) mass is 240 g/mol. The second-order valence-corrected chi connectivity index (χ2v) is 4.26.